The normalized spacial score (nSPS) is 15.1. The van der Waals surface area contributed by atoms with Crippen molar-refractivity contribution in [2.75, 3.05) is 31.6 Å². The highest BCUT2D eigenvalue weighted by atomic mass is 35.5. The smallest absolute Gasteiger partial charge is 0.262 e. The van der Waals surface area contributed by atoms with E-state index in [-0.39, 0.29) is 24.3 Å². The molecule has 1 aliphatic heterocycles. The number of carbonyl (C=O) groups excluding carboxylic acids is 2. The molecule has 1 fully saturated rings. The van der Waals surface area contributed by atoms with Crippen LogP contribution in [-0.4, -0.2) is 43.0 Å². The molecular formula is C22H26ClN3O3. The number of likely N-dealkylation sites (tertiary alicyclic amines) is 1. The molecule has 1 heterocycles. The number of nitrogens with two attached hydrogens (primary N) is 1. The number of nitrogens with one attached hydrogen (secondary N) is 1. The first-order chi connectivity index (χ1) is 14.0. The molecule has 3 N–H and O–H groups in total. The van der Waals surface area contributed by atoms with Crippen molar-refractivity contribution < 1.29 is 14.3 Å². The molecule has 3 rings (SSSR count). The molecule has 7 heteroatoms. The Morgan fingerprint density at radius 1 is 1.07 bits per heavy atom. The van der Waals surface area contributed by atoms with Crippen LogP contribution in [0.2, 0.25) is 5.02 Å². The van der Waals surface area contributed by atoms with Gasteiger partial charge in [0, 0.05) is 23.2 Å². The summed E-state index contributed by atoms with van der Waals surface area (Å²) < 4.78 is 5.44. The second kappa shape index (κ2) is 10.3. The Morgan fingerprint density at radius 2 is 1.72 bits per heavy atom. The van der Waals surface area contributed by atoms with Gasteiger partial charge in [0.15, 0.2) is 6.61 Å². The lowest BCUT2D eigenvalue weighted by Gasteiger charge is -2.30. The van der Waals surface area contributed by atoms with Crippen LogP contribution in [0.1, 0.15) is 18.4 Å². The molecule has 0 aliphatic carbocycles. The summed E-state index contributed by atoms with van der Waals surface area (Å²) in [6.07, 6.45) is 2.62. The zero-order chi connectivity index (χ0) is 20.6. The molecule has 1 saturated heterocycles. The second-order valence-corrected chi connectivity index (χ2v) is 7.69. The van der Waals surface area contributed by atoms with Crippen molar-refractivity contribution in [3.63, 3.8) is 0 Å². The fourth-order valence-electron chi connectivity index (χ4n) is 3.36. The number of piperidine rings is 1. The maximum atomic E-state index is 12.0. The van der Waals surface area contributed by atoms with E-state index in [4.69, 9.17) is 22.1 Å². The van der Waals surface area contributed by atoms with Gasteiger partial charge in [-0.15, -0.1) is 0 Å². The molecule has 6 nitrogen and oxygen atoms in total. The van der Waals surface area contributed by atoms with E-state index in [2.05, 4.69) is 10.2 Å². The zero-order valence-corrected chi connectivity index (χ0v) is 17.0. The summed E-state index contributed by atoms with van der Waals surface area (Å²) in [5.41, 5.74) is 7.32. The Hall–Kier alpha value is -2.57. The summed E-state index contributed by atoms with van der Waals surface area (Å²) >= 11 is 5.82. The van der Waals surface area contributed by atoms with Gasteiger partial charge in [0.25, 0.3) is 5.91 Å². The fourth-order valence-corrected chi connectivity index (χ4v) is 3.49. The summed E-state index contributed by atoms with van der Waals surface area (Å²) in [4.78, 5) is 25.6. The summed E-state index contributed by atoms with van der Waals surface area (Å²) in [5, 5.41) is 3.45. The van der Waals surface area contributed by atoms with Gasteiger partial charge in [-0.3, -0.25) is 9.59 Å². The summed E-state index contributed by atoms with van der Waals surface area (Å²) in [6.45, 7) is 2.71. The molecule has 2 amide bonds. The Morgan fingerprint density at radius 3 is 2.34 bits per heavy atom. The quantitative estimate of drug-likeness (QED) is 0.693. The Labute approximate surface area is 176 Å². The summed E-state index contributed by atoms with van der Waals surface area (Å²) in [7, 11) is 0. The van der Waals surface area contributed by atoms with Crippen molar-refractivity contribution in [1.29, 1.82) is 0 Å². The molecule has 0 aromatic heterocycles. The van der Waals surface area contributed by atoms with E-state index in [0.29, 0.717) is 10.8 Å². The van der Waals surface area contributed by atoms with Crippen molar-refractivity contribution in [2.45, 2.75) is 19.3 Å². The molecule has 0 spiro atoms. The Kier molecular flexibility index (Phi) is 7.49. The van der Waals surface area contributed by atoms with Gasteiger partial charge in [-0.05, 0) is 74.3 Å². The van der Waals surface area contributed by atoms with Crippen LogP contribution in [0.15, 0.2) is 48.5 Å². The first kappa shape index (κ1) is 21.1. The number of amides is 2. The van der Waals surface area contributed by atoms with Crippen LogP contribution in [0.4, 0.5) is 5.69 Å². The van der Waals surface area contributed by atoms with Crippen molar-refractivity contribution in [3.8, 4) is 5.75 Å². The predicted molar refractivity (Wildman–Crippen MR) is 114 cm³/mol. The number of benzene rings is 2. The van der Waals surface area contributed by atoms with Gasteiger partial charge in [-0.1, -0.05) is 23.7 Å². The zero-order valence-electron chi connectivity index (χ0n) is 16.3. The minimum absolute atomic E-state index is 0.0258. The van der Waals surface area contributed by atoms with Gasteiger partial charge in [0.05, 0.1) is 0 Å². The van der Waals surface area contributed by atoms with Crippen LogP contribution in [-0.2, 0) is 16.0 Å². The predicted octanol–water partition coefficient (Wildman–Crippen LogP) is 3.10. The van der Waals surface area contributed by atoms with Gasteiger partial charge in [-0.2, -0.15) is 0 Å². The van der Waals surface area contributed by atoms with Gasteiger partial charge in [-0.25, -0.2) is 0 Å². The molecule has 0 saturated carbocycles. The van der Waals surface area contributed by atoms with Crippen LogP contribution in [0.25, 0.3) is 0 Å². The second-order valence-electron chi connectivity index (χ2n) is 7.26. The van der Waals surface area contributed by atoms with Gasteiger partial charge in [0.1, 0.15) is 5.75 Å². The lowest BCUT2D eigenvalue weighted by Crippen LogP contribution is -2.39. The molecular weight excluding hydrogens is 390 g/mol. The highest BCUT2D eigenvalue weighted by Crippen LogP contribution is 2.18. The highest BCUT2D eigenvalue weighted by molar-refractivity contribution is 6.30. The topological polar surface area (TPSA) is 84.7 Å². The number of primary amides is 1. The minimum Gasteiger partial charge on any atom is -0.484 e. The lowest BCUT2D eigenvalue weighted by molar-refractivity contribution is -0.123. The number of hydrogen-bond donors (Lipinski definition) is 2. The van der Waals surface area contributed by atoms with E-state index in [1.807, 2.05) is 24.3 Å². The molecule has 0 atom stereocenters. The SMILES string of the molecule is NC(=O)C1CCN(CCc2ccc(NC(=O)COc3ccc(Cl)cc3)cc2)CC1. The van der Waals surface area contributed by atoms with E-state index in [0.717, 1.165) is 44.6 Å². The molecule has 2 aromatic rings. The number of hydrogen-bond acceptors (Lipinski definition) is 4. The van der Waals surface area contributed by atoms with Crippen molar-refractivity contribution in [3.05, 3.63) is 59.1 Å². The molecule has 0 radical (unpaired) electrons. The number of carbonyl (C=O) groups is 2. The maximum Gasteiger partial charge on any atom is 0.262 e. The third-order valence-electron chi connectivity index (χ3n) is 5.13. The van der Waals surface area contributed by atoms with E-state index in [1.165, 1.54) is 5.56 Å². The van der Waals surface area contributed by atoms with Crippen LogP contribution in [0.5, 0.6) is 5.75 Å². The molecule has 154 valence electrons. The summed E-state index contributed by atoms with van der Waals surface area (Å²) in [6, 6.07) is 14.7. The fraction of sp³-hybridized carbons (Fsp3) is 0.364. The van der Waals surface area contributed by atoms with Crippen LogP contribution >= 0.6 is 11.6 Å². The maximum absolute atomic E-state index is 12.0. The average molecular weight is 416 g/mol. The van der Waals surface area contributed by atoms with Gasteiger partial charge < -0.3 is 20.7 Å². The van der Waals surface area contributed by atoms with E-state index < -0.39 is 0 Å². The largest absolute Gasteiger partial charge is 0.484 e. The summed E-state index contributed by atoms with van der Waals surface area (Å²) in [5.74, 6) is 0.225. The first-order valence-corrected chi connectivity index (χ1v) is 10.2. The number of anilines is 1. The first-order valence-electron chi connectivity index (χ1n) is 9.78. The molecule has 0 unspecified atom stereocenters. The third-order valence-corrected chi connectivity index (χ3v) is 5.38. The monoisotopic (exact) mass is 415 g/mol. The molecule has 0 bridgehead atoms. The van der Waals surface area contributed by atoms with Gasteiger partial charge >= 0.3 is 0 Å². The molecule has 29 heavy (non-hydrogen) atoms. The number of rotatable bonds is 8. The van der Waals surface area contributed by atoms with E-state index in [1.54, 1.807) is 24.3 Å². The minimum atomic E-state index is -0.218. The standard InChI is InChI=1S/C22H26ClN3O3/c23-18-3-7-20(8-4-18)29-15-21(27)25-19-5-1-16(2-6-19)9-12-26-13-10-17(11-14-26)22(24)28/h1-8,17H,9-15H2,(H2,24,28)(H,25,27). The molecule has 2 aromatic carbocycles. The highest BCUT2D eigenvalue weighted by Gasteiger charge is 2.22. The number of ether oxygens (including phenoxy) is 1. The lowest BCUT2D eigenvalue weighted by atomic mass is 9.96. The number of halogens is 1. The Balaban J connectivity index is 1.39. The Bertz CT molecular complexity index is 816. The van der Waals surface area contributed by atoms with E-state index in [9.17, 15) is 9.59 Å². The molecule has 1 aliphatic rings. The van der Waals surface area contributed by atoms with Gasteiger partial charge in [0.2, 0.25) is 5.91 Å². The van der Waals surface area contributed by atoms with Crippen molar-refractivity contribution >= 4 is 29.1 Å². The van der Waals surface area contributed by atoms with Crippen LogP contribution in [0, 0.1) is 5.92 Å². The van der Waals surface area contributed by atoms with Crippen molar-refractivity contribution in [1.82, 2.24) is 4.90 Å². The third kappa shape index (κ3) is 6.76. The average Bonchev–Trinajstić information content (AvgIpc) is 2.73. The van der Waals surface area contributed by atoms with E-state index >= 15 is 0 Å². The van der Waals surface area contributed by atoms with Crippen LogP contribution < -0.4 is 15.8 Å². The van der Waals surface area contributed by atoms with Crippen LogP contribution in [0.3, 0.4) is 0 Å². The van der Waals surface area contributed by atoms with Crippen molar-refractivity contribution in [2.24, 2.45) is 11.7 Å². The number of nitrogens with zero attached hydrogens (tertiary/aromatic N) is 1.